The van der Waals surface area contributed by atoms with Gasteiger partial charge in [-0.2, -0.15) is 0 Å². The van der Waals surface area contributed by atoms with Crippen molar-refractivity contribution < 1.29 is 9.59 Å². The maximum atomic E-state index is 13.2. The lowest BCUT2D eigenvalue weighted by Crippen LogP contribution is -2.38. The smallest absolute Gasteiger partial charge is 0.244 e. The number of nitrogens with one attached hydrogen (secondary N) is 1. The van der Waals surface area contributed by atoms with E-state index in [0.29, 0.717) is 11.4 Å². The van der Waals surface area contributed by atoms with Crippen molar-refractivity contribution in [3.05, 3.63) is 75.5 Å². The normalized spacial score (nSPS) is 13.5. The summed E-state index contributed by atoms with van der Waals surface area (Å²) in [5, 5.41) is 4.86. The fraction of sp³-hybridized carbons (Fsp3) is 0.208. The topological polar surface area (TPSA) is 61.8 Å². The summed E-state index contributed by atoms with van der Waals surface area (Å²) in [5.74, 6) is -0.376. The van der Waals surface area contributed by atoms with E-state index in [1.165, 1.54) is 0 Å². The highest BCUT2D eigenvalue weighted by Gasteiger charge is 2.27. The van der Waals surface area contributed by atoms with Gasteiger partial charge in [0.05, 0.1) is 23.5 Å². The largest absolute Gasteiger partial charge is 0.325 e. The van der Waals surface area contributed by atoms with Crippen LogP contribution < -0.4 is 10.2 Å². The van der Waals surface area contributed by atoms with Crippen molar-refractivity contribution in [3.63, 3.8) is 0 Å². The van der Waals surface area contributed by atoms with Crippen LogP contribution in [0.1, 0.15) is 28.0 Å². The monoisotopic (exact) mass is 417 g/mol. The Labute approximate surface area is 180 Å². The predicted octanol–water partition coefficient (Wildman–Crippen LogP) is 5.17. The first-order valence-corrected chi connectivity index (χ1v) is 10.7. The maximum absolute atomic E-state index is 13.2. The Balaban J connectivity index is 1.66. The van der Waals surface area contributed by atoms with Crippen molar-refractivity contribution >= 4 is 45.9 Å². The summed E-state index contributed by atoms with van der Waals surface area (Å²) in [4.78, 5) is 33.3. The number of carbonyl (C=O) groups is 2. The van der Waals surface area contributed by atoms with Gasteiger partial charge in [-0.15, -0.1) is 11.3 Å². The molecular weight excluding hydrogens is 394 g/mol. The number of aliphatic imine (C=N–C) groups is 1. The van der Waals surface area contributed by atoms with Gasteiger partial charge in [-0.05, 0) is 67.6 Å². The molecule has 0 spiro atoms. The quantitative estimate of drug-likeness (QED) is 0.637. The molecule has 0 radical (unpaired) electrons. The van der Waals surface area contributed by atoms with Crippen LogP contribution in [0.4, 0.5) is 17.1 Å². The maximum Gasteiger partial charge on any atom is 0.244 e. The Morgan fingerprint density at radius 1 is 1.10 bits per heavy atom. The molecule has 3 aromatic rings. The second-order valence-corrected chi connectivity index (χ2v) is 8.48. The molecule has 152 valence electrons. The molecule has 0 saturated heterocycles. The van der Waals surface area contributed by atoms with E-state index in [1.807, 2.05) is 74.7 Å². The fourth-order valence-electron chi connectivity index (χ4n) is 3.39. The predicted molar refractivity (Wildman–Crippen MR) is 123 cm³/mol. The van der Waals surface area contributed by atoms with Gasteiger partial charge in [-0.3, -0.25) is 9.59 Å². The third-order valence-electron chi connectivity index (χ3n) is 5.20. The van der Waals surface area contributed by atoms with Crippen LogP contribution in [0.5, 0.6) is 0 Å². The summed E-state index contributed by atoms with van der Waals surface area (Å²) in [5.41, 5.74) is 6.12. The van der Waals surface area contributed by atoms with Crippen LogP contribution in [0.2, 0.25) is 0 Å². The summed E-state index contributed by atoms with van der Waals surface area (Å²) in [7, 11) is 0. The first kappa shape index (κ1) is 20.0. The lowest BCUT2D eigenvalue weighted by Gasteiger charge is -2.23. The van der Waals surface area contributed by atoms with E-state index < -0.39 is 0 Å². The van der Waals surface area contributed by atoms with Crippen LogP contribution in [-0.2, 0) is 9.59 Å². The molecule has 1 aromatic heterocycles. The Morgan fingerprint density at radius 2 is 1.83 bits per heavy atom. The number of benzene rings is 2. The molecule has 2 aromatic carbocycles. The molecule has 0 unspecified atom stereocenters. The SMILES string of the molecule is Cc1ccc(NC(=O)CN2C(=O)CC(c3cccs3)=Nc3cc(C)c(C)cc32)cc1. The Hall–Kier alpha value is -3.25. The molecule has 6 heteroatoms. The van der Waals surface area contributed by atoms with E-state index in [0.717, 1.165) is 33.0 Å². The van der Waals surface area contributed by atoms with Crippen LogP contribution in [0.15, 0.2) is 58.9 Å². The van der Waals surface area contributed by atoms with Gasteiger partial charge in [0.2, 0.25) is 11.8 Å². The zero-order valence-electron chi connectivity index (χ0n) is 17.2. The van der Waals surface area contributed by atoms with Gasteiger partial charge in [0.25, 0.3) is 0 Å². The standard InChI is InChI=1S/C24H23N3O2S/c1-15-6-8-18(9-7-15)25-23(28)14-27-21-12-17(3)16(2)11-19(21)26-20(13-24(27)29)22-5-4-10-30-22/h4-12H,13-14H2,1-3H3,(H,25,28). The molecule has 0 saturated carbocycles. The molecule has 4 rings (SSSR count). The zero-order chi connectivity index (χ0) is 21.3. The number of carbonyl (C=O) groups excluding carboxylic acids is 2. The van der Waals surface area contributed by atoms with E-state index in [-0.39, 0.29) is 24.8 Å². The number of thiophene rings is 1. The van der Waals surface area contributed by atoms with Gasteiger partial charge >= 0.3 is 0 Å². The number of rotatable bonds is 4. The molecule has 2 amide bonds. The third-order valence-corrected chi connectivity index (χ3v) is 6.12. The summed E-state index contributed by atoms with van der Waals surface area (Å²) in [6.07, 6.45) is 0.158. The van der Waals surface area contributed by atoms with Crippen molar-refractivity contribution in [2.45, 2.75) is 27.2 Å². The fourth-order valence-corrected chi connectivity index (χ4v) is 4.10. The second kappa shape index (κ2) is 8.24. The van der Waals surface area contributed by atoms with Crippen LogP contribution in [-0.4, -0.2) is 24.1 Å². The number of hydrogen-bond acceptors (Lipinski definition) is 4. The molecule has 1 N–H and O–H groups in total. The molecular formula is C24H23N3O2S. The molecule has 0 bridgehead atoms. The van der Waals surface area contributed by atoms with Crippen molar-refractivity contribution in [1.82, 2.24) is 0 Å². The minimum absolute atomic E-state index is 0.0601. The number of fused-ring (bicyclic) bond motifs is 1. The van der Waals surface area contributed by atoms with Crippen molar-refractivity contribution in [3.8, 4) is 0 Å². The van der Waals surface area contributed by atoms with Crippen LogP contribution >= 0.6 is 11.3 Å². The number of aryl methyl sites for hydroxylation is 3. The zero-order valence-corrected chi connectivity index (χ0v) is 18.0. The van der Waals surface area contributed by atoms with Crippen molar-refractivity contribution in [1.29, 1.82) is 0 Å². The first-order chi connectivity index (χ1) is 14.4. The molecule has 30 heavy (non-hydrogen) atoms. The molecule has 5 nitrogen and oxygen atoms in total. The summed E-state index contributed by atoms with van der Waals surface area (Å²) in [6, 6.07) is 15.5. The van der Waals surface area contributed by atoms with E-state index in [4.69, 9.17) is 4.99 Å². The summed E-state index contributed by atoms with van der Waals surface area (Å²) >= 11 is 1.56. The lowest BCUT2D eigenvalue weighted by atomic mass is 10.1. The van der Waals surface area contributed by atoms with E-state index in [9.17, 15) is 9.59 Å². The third kappa shape index (κ3) is 4.19. The molecule has 0 aliphatic carbocycles. The Kier molecular flexibility index (Phi) is 5.50. The number of amides is 2. The highest BCUT2D eigenvalue weighted by Crippen LogP contribution is 2.36. The van der Waals surface area contributed by atoms with Crippen LogP contribution in [0, 0.1) is 20.8 Å². The van der Waals surface area contributed by atoms with E-state index >= 15 is 0 Å². The average Bonchev–Trinajstić information content (AvgIpc) is 3.21. The second-order valence-electron chi connectivity index (χ2n) is 7.53. The molecule has 0 fully saturated rings. The highest BCUT2D eigenvalue weighted by atomic mass is 32.1. The van der Waals surface area contributed by atoms with Crippen molar-refractivity contribution in [2.24, 2.45) is 4.99 Å². The number of nitrogens with zero attached hydrogens (tertiary/aromatic N) is 2. The van der Waals surface area contributed by atoms with Crippen molar-refractivity contribution in [2.75, 3.05) is 16.8 Å². The van der Waals surface area contributed by atoms with Gasteiger partial charge in [-0.25, -0.2) is 4.99 Å². The average molecular weight is 418 g/mol. The molecule has 1 aliphatic heterocycles. The molecule has 1 aliphatic rings. The van der Waals surface area contributed by atoms with Crippen LogP contribution in [0.25, 0.3) is 0 Å². The van der Waals surface area contributed by atoms with E-state index in [2.05, 4.69) is 5.32 Å². The minimum atomic E-state index is -0.240. The summed E-state index contributed by atoms with van der Waals surface area (Å²) < 4.78 is 0. The molecule has 0 atom stereocenters. The highest BCUT2D eigenvalue weighted by molar-refractivity contribution is 7.12. The molecule has 2 heterocycles. The van der Waals surface area contributed by atoms with E-state index in [1.54, 1.807) is 16.2 Å². The van der Waals surface area contributed by atoms with Gasteiger partial charge < -0.3 is 10.2 Å². The Bertz CT molecular complexity index is 1130. The van der Waals surface area contributed by atoms with Gasteiger partial charge in [0.1, 0.15) is 6.54 Å². The van der Waals surface area contributed by atoms with Gasteiger partial charge in [0.15, 0.2) is 0 Å². The lowest BCUT2D eigenvalue weighted by molar-refractivity contribution is -0.120. The number of hydrogen-bond donors (Lipinski definition) is 1. The summed E-state index contributed by atoms with van der Waals surface area (Å²) in [6.45, 7) is 5.96. The minimum Gasteiger partial charge on any atom is -0.325 e. The van der Waals surface area contributed by atoms with Gasteiger partial charge in [-0.1, -0.05) is 23.8 Å². The Morgan fingerprint density at radius 3 is 2.53 bits per heavy atom. The van der Waals surface area contributed by atoms with Gasteiger partial charge in [0, 0.05) is 10.6 Å². The number of anilines is 2. The van der Waals surface area contributed by atoms with Crippen LogP contribution in [0.3, 0.4) is 0 Å². The first-order valence-electron chi connectivity index (χ1n) is 9.80.